The molecule has 0 saturated carbocycles. The van der Waals surface area contributed by atoms with Crippen LogP contribution in [0.25, 0.3) is 0 Å². The minimum Gasteiger partial charge on any atom is -0.432 e. The van der Waals surface area contributed by atoms with Gasteiger partial charge >= 0.3 is 0 Å². The van der Waals surface area contributed by atoms with E-state index >= 15 is 0 Å². The van der Waals surface area contributed by atoms with Crippen molar-refractivity contribution in [2.75, 3.05) is 11.4 Å². The molecule has 0 amide bonds. The van der Waals surface area contributed by atoms with Crippen LogP contribution in [0.2, 0.25) is 0 Å². The van der Waals surface area contributed by atoms with Crippen molar-refractivity contribution >= 4 is 6.01 Å². The first kappa shape index (κ1) is 11.5. The van der Waals surface area contributed by atoms with Crippen molar-refractivity contribution < 1.29 is 9.52 Å². The number of rotatable bonds is 3. The summed E-state index contributed by atoms with van der Waals surface area (Å²) in [6.45, 7) is 3.18. The third-order valence-electron chi connectivity index (χ3n) is 3.30. The topological polar surface area (TPSA) is 49.5 Å². The summed E-state index contributed by atoms with van der Waals surface area (Å²) in [5, 5.41) is 8.99. The first-order chi connectivity index (χ1) is 7.85. The molecule has 1 aromatic rings. The Morgan fingerprint density at radius 1 is 1.50 bits per heavy atom. The molecule has 16 heavy (non-hydrogen) atoms. The Balaban J connectivity index is 2.14. The van der Waals surface area contributed by atoms with Crippen molar-refractivity contribution in [2.24, 2.45) is 0 Å². The zero-order valence-electron chi connectivity index (χ0n) is 9.85. The molecular formula is C12H20N2O2. The lowest BCUT2D eigenvalue weighted by molar-refractivity contribution is 0.276. The van der Waals surface area contributed by atoms with Crippen LogP contribution in [-0.4, -0.2) is 22.7 Å². The predicted octanol–water partition coefficient (Wildman–Crippen LogP) is 2.33. The molecule has 1 fully saturated rings. The van der Waals surface area contributed by atoms with Crippen LogP contribution in [0.1, 0.15) is 44.7 Å². The van der Waals surface area contributed by atoms with Gasteiger partial charge in [0.1, 0.15) is 12.0 Å². The normalized spacial score (nSPS) is 22.1. The van der Waals surface area contributed by atoms with Crippen molar-refractivity contribution in [1.29, 1.82) is 0 Å². The SMILES string of the molecule is CCC1CCCCCN1c1nc(CO)co1. The lowest BCUT2D eigenvalue weighted by Gasteiger charge is -2.27. The molecule has 1 aliphatic rings. The maximum atomic E-state index is 8.99. The Kier molecular flexibility index (Phi) is 3.83. The molecule has 0 aliphatic carbocycles. The summed E-state index contributed by atoms with van der Waals surface area (Å²) in [6, 6.07) is 1.21. The van der Waals surface area contributed by atoms with Crippen LogP contribution in [0.15, 0.2) is 10.7 Å². The zero-order valence-corrected chi connectivity index (χ0v) is 9.85. The van der Waals surface area contributed by atoms with E-state index in [0.717, 1.165) is 13.0 Å². The standard InChI is InChI=1S/C12H20N2O2/c1-2-11-6-4-3-5-7-14(11)12-13-10(8-15)9-16-12/h9,11,15H,2-8H2,1H3. The molecule has 1 unspecified atom stereocenters. The van der Waals surface area contributed by atoms with Gasteiger partial charge in [-0.25, -0.2) is 0 Å². The number of hydrogen-bond acceptors (Lipinski definition) is 4. The molecule has 4 heteroatoms. The van der Waals surface area contributed by atoms with E-state index in [-0.39, 0.29) is 6.61 Å². The van der Waals surface area contributed by atoms with E-state index in [1.54, 1.807) is 6.26 Å². The molecule has 0 bridgehead atoms. The number of hydrogen-bond donors (Lipinski definition) is 1. The van der Waals surface area contributed by atoms with Crippen molar-refractivity contribution in [3.8, 4) is 0 Å². The highest BCUT2D eigenvalue weighted by Crippen LogP contribution is 2.25. The van der Waals surface area contributed by atoms with Gasteiger partial charge in [-0.1, -0.05) is 19.8 Å². The number of anilines is 1. The Bertz CT molecular complexity index is 325. The molecule has 2 rings (SSSR count). The van der Waals surface area contributed by atoms with Crippen molar-refractivity contribution in [3.05, 3.63) is 12.0 Å². The summed E-state index contributed by atoms with van der Waals surface area (Å²) in [5.74, 6) is 0. The Morgan fingerprint density at radius 2 is 2.38 bits per heavy atom. The van der Waals surface area contributed by atoms with E-state index in [2.05, 4.69) is 16.8 Å². The minimum atomic E-state index is -0.0475. The largest absolute Gasteiger partial charge is 0.432 e. The van der Waals surface area contributed by atoms with Crippen LogP contribution >= 0.6 is 0 Å². The number of aromatic nitrogens is 1. The molecule has 1 aliphatic heterocycles. The molecule has 0 aromatic carbocycles. The monoisotopic (exact) mass is 224 g/mol. The maximum Gasteiger partial charge on any atom is 0.297 e. The first-order valence-electron chi connectivity index (χ1n) is 6.17. The second-order valence-corrected chi connectivity index (χ2v) is 4.38. The molecule has 0 spiro atoms. The maximum absolute atomic E-state index is 8.99. The fourth-order valence-electron chi connectivity index (χ4n) is 2.35. The van der Waals surface area contributed by atoms with Crippen LogP contribution in [-0.2, 0) is 6.61 Å². The first-order valence-corrected chi connectivity index (χ1v) is 6.17. The second-order valence-electron chi connectivity index (χ2n) is 4.38. The van der Waals surface area contributed by atoms with E-state index in [4.69, 9.17) is 9.52 Å². The molecule has 1 atom stereocenters. The van der Waals surface area contributed by atoms with Gasteiger partial charge in [0.05, 0.1) is 6.61 Å². The van der Waals surface area contributed by atoms with Crippen LogP contribution in [0.3, 0.4) is 0 Å². The lowest BCUT2D eigenvalue weighted by Crippen LogP contribution is -2.34. The number of aliphatic hydroxyl groups excluding tert-OH is 1. The summed E-state index contributed by atoms with van der Waals surface area (Å²) in [6.07, 6.45) is 7.67. The van der Waals surface area contributed by atoms with Crippen molar-refractivity contribution in [3.63, 3.8) is 0 Å². The fraction of sp³-hybridized carbons (Fsp3) is 0.750. The predicted molar refractivity (Wildman–Crippen MR) is 62.3 cm³/mol. The molecule has 90 valence electrons. The van der Waals surface area contributed by atoms with Gasteiger partial charge in [0.15, 0.2) is 0 Å². The Hall–Kier alpha value is -1.03. The smallest absolute Gasteiger partial charge is 0.297 e. The number of oxazole rings is 1. The fourth-order valence-corrected chi connectivity index (χ4v) is 2.35. The summed E-state index contributed by atoms with van der Waals surface area (Å²) >= 11 is 0. The van der Waals surface area contributed by atoms with Gasteiger partial charge in [-0.05, 0) is 19.3 Å². The van der Waals surface area contributed by atoms with Crippen molar-refractivity contribution in [1.82, 2.24) is 4.98 Å². The average Bonchev–Trinajstić information content (AvgIpc) is 2.66. The van der Waals surface area contributed by atoms with Gasteiger partial charge in [0.25, 0.3) is 6.01 Å². The summed E-state index contributed by atoms with van der Waals surface area (Å²) in [5.41, 5.74) is 0.620. The van der Waals surface area contributed by atoms with Gasteiger partial charge in [-0.15, -0.1) is 0 Å². The molecule has 4 nitrogen and oxygen atoms in total. The summed E-state index contributed by atoms with van der Waals surface area (Å²) < 4.78 is 5.44. The molecule has 1 saturated heterocycles. The second kappa shape index (κ2) is 5.34. The van der Waals surface area contributed by atoms with E-state index in [0.29, 0.717) is 17.8 Å². The average molecular weight is 224 g/mol. The molecular weight excluding hydrogens is 204 g/mol. The highest BCUT2D eigenvalue weighted by molar-refractivity contribution is 5.29. The van der Waals surface area contributed by atoms with Gasteiger partial charge < -0.3 is 14.4 Å². The van der Waals surface area contributed by atoms with Gasteiger partial charge in [-0.3, -0.25) is 0 Å². The van der Waals surface area contributed by atoms with Crippen LogP contribution in [0, 0.1) is 0 Å². The summed E-state index contributed by atoms with van der Waals surface area (Å²) in [7, 11) is 0. The Labute approximate surface area is 96.3 Å². The van der Waals surface area contributed by atoms with E-state index < -0.39 is 0 Å². The van der Waals surface area contributed by atoms with Crippen molar-refractivity contribution in [2.45, 2.75) is 51.7 Å². The van der Waals surface area contributed by atoms with Gasteiger partial charge in [0.2, 0.25) is 0 Å². The van der Waals surface area contributed by atoms with Crippen LogP contribution in [0.5, 0.6) is 0 Å². The van der Waals surface area contributed by atoms with E-state index in [1.165, 1.54) is 25.7 Å². The third-order valence-corrected chi connectivity index (χ3v) is 3.30. The molecule has 1 N–H and O–H groups in total. The lowest BCUT2D eigenvalue weighted by atomic mass is 10.1. The summed E-state index contributed by atoms with van der Waals surface area (Å²) in [4.78, 5) is 6.56. The quantitative estimate of drug-likeness (QED) is 0.856. The van der Waals surface area contributed by atoms with Crippen LogP contribution in [0.4, 0.5) is 6.01 Å². The minimum absolute atomic E-state index is 0.0475. The Morgan fingerprint density at radius 3 is 3.06 bits per heavy atom. The van der Waals surface area contributed by atoms with E-state index in [1.807, 2.05) is 0 Å². The highest BCUT2D eigenvalue weighted by atomic mass is 16.4. The third kappa shape index (κ3) is 2.38. The highest BCUT2D eigenvalue weighted by Gasteiger charge is 2.23. The molecule has 1 aromatic heterocycles. The van der Waals surface area contributed by atoms with Gasteiger partial charge in [-0.2, -0.15) is 4.98 Å². The number of nitrogens with zero attached hydrogens (tertiary/aromatic N) is 2. The van der Waals surface area contributed by atoms with Gasteiger partial charge in [0, 0.05) is 12.6 Å². The van der Waals surface area contributed by atoms with Crippen LogP contribution < -0.4 is 4.90 Å². The molecule has 0 radical (unpaired) electrons. The zero-order chi connectivity index (χ0) is 11.4. The van der Waals surface area contributed by atoms with E-state index in [9.17, 15) is 0 Å². The molecule has 2 heterocycles. The number of aliphatic hydroxyl groups is 1.